The van der Waals surface area contributed by atoms with Crippen LogP contribution in [0.15, 0.2) is 54.6 Å². The van der Waals surface area contributed by atoms with Crippen LogP contribution < -0.4 is 10.1 Å². The third kappa shape index (κ3) is 6.41. The number of nitrogens with one attached hydrogen (secondary N) is 1. The number of rotatable bonds is 9. The SMILES string of the molecule is CCC[C@H](NC(=O)COC(=O)COc1ccccc1Cl)c1ccccc1. The molecule has 0 heterocycles. The van der Waals surface area contributed by atoms with Crippen molar-refractivity contribution in [2.45, 2.75) is 25.8 Å². The first-order valence-electron chi connectivity index (χ1n) is 8.47. The van der Waals surface area contributed by atoms with Gasteiger partial charge in [-0.3, -0.25) is 4.79 Å². The molecule has 0 spiro atoms. The van der Waals surface area contributed by atoms with Gasteiger partial charge in [-0.2, -0.15) is 0 Å². The van der Waals surface area contributed by atoms with Gasteiger partial charge in [0.25, 0.3) is 5.91 Å². The Kier molecular flexibility index (Phi) is 7.96. The molecular weight excluding hydrogens is 354 g/mol. The van der Waals surface area contributed by atoms with Crippen LogP contribution in [0.1, 0.15) is 31.4 Å². The van der Waals surface area contributed by atoms with E-state index in [9.17, 15) is 9.59 Å². The highest BCUT2D eigenvalue weighted by atomic mass is 35.5. The Morgan fingerprint density at radius 3 is 2.42 bits per heavy atom. The van der Waals surface area contributed by atoms with Crippen molar-refractivity contribution in [1.82, 2.24) is 5.32 Å². The Hall–Kier alpha value is -2.53. The number of carbonyl (C=O) groups excluding carboxylic acids is 2. The zero-order valence-electron chi connectivity index (χ0n) is 14.6. The number of esters is 1. The molecule has 0 radical (unpaired) electrons. The van der Waals surface area contributed by atoms with Gasteiger partial charge in [0.1, 0.15) is 5.75 Å². The van der Waals surface area contributed by atoms with Crippen molar-refractivity contribution < 1.29 is 19.1 Å². The molecule has 2 rings (SSSR count). The molecule has 0 unspecified atom stereocenters. The van der Waals surface area contributed by atoms with Gasteiger partial charge in [-0.25, -0.2) is 4.79 Å². The summed E-state index contributed by atoms with van der Waals surface area (Å²) in [6.07, 6.45) is 1.73. The number of hydrogen-bond acceptors (Lipinski definition) is 4. The Balaban J connectivity index is 1.78. The average Bonchev–Trinajstić information content (AvgIpc) is 2.66. The maximum atomic E-state index is 12.1. The molecule has 0 aliphatic heterocycles. The molecule has 0 aliphatic rings. The molecule has 0 aromatic heterocycles. The third-order valence-electron chi connectivity index (χ3n) is 3.66. The van der Waals surface area contributed by atoms with E-state index in [-0.39, 0.29) is 25.2 Å². The molecule has 0 bridgehead atoms. The number of benzene rings is 2. The molecule has 5 nitrogen and oxygen atoms in total. The van der Waals surface area contributed by atoms with E-state index in [1.165, 1.54) is 0 Å². The molecule has 1 amide bonds. The molecule has 6 heteroatoms. The molecule has 0 fully saturated rings. The summed E-state index contributed by atoms with van der Waals surface area (Å²) in [7, 11) is 0. The van der Waals surface area contributed by atoms with Crippen LogP contribution in [-0.4, -0.2) is 25.1 Å². The standard InChI is InChI=1S/C20H22ClNO4/c1-2-8-17(15-9-4-3-5-10-15)22-19(23)13-26-20(24)14-25-18-12-7-6-11-16(18)21/h3-7,9-12,17H,2,8,13-14H2,1H3,(H,22,23)/t17-/m0/s1. The fourth-order valence-electron chi connectivity index (χ4n) is 2.42. The number of hydrogen-bond donors (Lipinski definition) is 1. The third-order valence-corrected chi connectivity index (χ3v) is 3.97. The summed E-state index contributed by atoms with van der Waals surface area (Å²) in [6.45, 7) is 1.39. The first-order chi connectivity index (χ1) is 12.6. The highest BCUT2D eigenvalue weighted by molar-refractivity contribution is 6.32. The van der Waals surface area contributed by atoms with Crippen LogP contribution in [0.5, 0.6) is 5.75 Å². The molecule has 1 N–H and O–H groups in total. The Morgan fingerprint density at radius 1 is 1.04 bits per heavy atom. The lowest BCUT2D eigenvalue weighted by molar-refractivity contribution is -0.150. The molecule has 1 atom stereocenters. The average molecular weight is 376 g/mol. The van der Waals surface area contributed by atoms with E-state index in [0.717, 1.165) is 18.4 Å². The van der Waals surface area contributed by atoms with Crippen LogP contribution >= 0.6 is 11.6 Å². The summed E-state index contributed by atoms with van der Waals surface area (Å²) in [5.41, 5.74) is 1.02. The lowest BCUT2D eigenvalue weighted by Crippen LogP contribution is -2.33. The van der Waals surface area contributed by atoms with Crippen molar-refractivity contribution in [3.05, 3.63) is 65.2 Å². The quantitative estimate of drug-likeness (QED) is 0.675. The van der Waals surface area contributed by atoms with Gasteiger partial charge >= 0.3 is 5.97 Å². The van der Waals surface area contributed by atoms with Crippen LogP contribution in [0.4, 0.5) is 0 Å². The summed E-state index contributed by atoms with van der Waals surface area (Å²) < 4.78 is 10.2. The summed E-state index contributed by atoms with van der Waals surface area (Å²) in [6, 6.07) is 16.4. The number of ether oxygens (including phenoxy) is 2. The number of para-hydroxylation sites is 1. The maximum absolute atomic E-state index is 12.1. The highest BCUT2D eigenvalue weighted by Crippen LogP contribution is 2.23. The largest absolute Gasteiger partial charge is 0.480 e. The minimum atomic E-state index is -0.633. The van der Waals surface area contributed by atoms with Crippen molar-refractivity contribution in [2.75, 3.05) is 13.2 Å². The number of amides is 1. The van der Waals surface area contributed by atoms with Gasteiger partial charge in [-0.15, -0.1) is 0 Å². The Labute approximate surface area is 158 Å². The first kappa shape index (κ1) is 19.8. The normalized spacial score (nSPS) is 11.5. The van der Waals surface area contributed by atoms with Crippen LogP contribution in [0.2, 0.25) is 5.02 Å². The monoisotopic (exact) mass is 375 g/mol. The van der Waals surface area contributed by atoms with E-state index < -0.39 is 5.97 Å². The summed E-state index contributed by atoms with van der Waals surface area (Å²) in [5, 5.41) is 3.30. The van der Waals surface area contributed by atoms with Crippen LogP contribution in [0, 0.1) is 0 Å². The molecule has 2 aromatic rings. The van der Waals surface area contributed by atoms with Gasteiger partial charge in [0.2, 0.25) is 0 Å². The molecule has 26 heavy (non-hydrogen) atoms. The van der Waals surface area contributed by atoms with E-state index in [1.54, 1.807) is 24.3 Å². The second-order valence-electron chi connectivity index (χ2n) is 5.70. The van der Waals surface area contributed by atoms with Gasteiger partial charge in [-0.1, -0.05) is 67.4 Å². The van der Waals surface area contributed by atoms with Crippen molar-refractivity contribution >= 4 is 23.5 Å². The Morgan fingerprint density at radius 2 is 1.73 bits per heavy atom. The van der Waals surface area contributed by atoms with Gasteiger partial charge in [0.15, 0.2) is 13.2 Å². The van der Waals surface area contributed by atoms with Crippen LogP contribution in [0.25, 0.3) is 0 Å². The fraction of sp³-hybridized carbons (Fsp3) is 0.300. The Bertz CT molecular complexity index is 721. The molecule has 0 aliphatic carbocycles. The summed E-state index contributed by atoms with van der Waals surface area (Å²) in [4.78, 5) is 23.8. The maximum Gasteiger partial charge on any atom is 0.344 e. The zero-order valence-corrected chi connectivity index (χ0v) is 15.4. The van der Waals surface area contributed by atoms with E-state index in [4.69, 9.17) is 21.1 Å². The number of halogens is 1. The van der Waals surface area contributed by atoms with Crippen molar-refractivity contribution in [3.8, 4) is 5.75 Å². The smallest absolute Gasteiger partial charge is 0.344 e. The lowest BCUT2D eigenvalue weighted by atomic mass is 10.0. The second-order valence-corrected chi connectivity index (χ2v) is 6.11. The minimum absolute atomic E-state index is 0.105. The predicted octanol–water partition coefficient (Wildman–Crippen LogP) is 3.92. The van der Waals surface area contributed by atoms with Crippen LogP contribution in [-0.2, 0) is 14.3 Å². The first-order valence-corrected chi connectivity index (χ1v) is 8.85. The van der Waals surface area contributed by atoms with E-state index in [2.05, 4.69) is 5.32 Å². The zero-order chi connectivity index (χ0) is 18.8. The van der Waals surface area contributed by atoms with Crippen LogP contribution in [0.3, 0.4) is 0 Å². The molecule has 0 saturated carbocycles. The molecule has 0 saturated heterocycles. The van der Waals surface area contributed by atoms with Gasteiger partial charge in [0.05, 0.1) is 11.1 Å². The van der Waals surface area contributed by atoms with Crippen molar-refractivity contribution in [3.63, 3.8) is 0 Å². The second kappa shape index (κ2) is 10.5. The molecular formula is C20H22ClNO4. The van der Waals surface area contributed by atoms with Crippen molar-refractivity contribution in [1.29, 1.82) is 0 Å². The predicted molar refractivity (Wildman–Crippen MR) is 100 cm³/mol. The van der Waals surface area contributed by atoms with Gasteiger partial charge in [-0.05, 0) is 24.1 Å². The highest BCUT2D eigenvalue weighted by Gasteiger charge is 2.15. The summed E-state index contributed by atoms with van der Waals surface area (Å²) >= 11 is 5.94. The summed E-state index contributed by atoms with van der Waals surface area (Å²) in [5.74, 6) is -0.590. The van der Waals surface area contributed by atoms with Gasteiger partial charge < -0.3 is 14.8 Å². The van der Waals surface area contributed by atoms with E-state index in [1.807, 2.05) is 37.3 Å². The minimum Gasteiger partial charge on any atom is -0.480 e. The number of carbonyl (C=O) groups is 2. The van der Waals surface area contributed by atoms with Crippen molar-refractivity contribution in [2.24, 2.45) is 0 Å². The van der Waals surface area contributed by atoms with Gasteiger partial charge in [0, 0.05) is 0 Å². The van der Waals surface area contributed by atoms with E-state index in [0.29, 0.717) is 10.8 Å². The van der Waals surface area contributed by atoms with E-state index >= 15 is 0 Å². The topological polar surface area (TPSA) is 64.6 Å². The molecule has 138 valence electrons. The lowest BCUT2D eigenvalue weighted by Gasteiger charge is -2.18. The fourth-order valence-corrected chi connectivity index (χ4v) is 2.61. The molecule has 2 aromatic carbocycles.